The number of nitrogens with zero attached hydrogens (tertiary/aromatic N) is 3. The summed E-state index contributed by atoms with van der Waals surface area (Å²) in [6, 6.07) is 9.64. The normalized spacial score (nSPS) is 11.4. The van der Waals surface area contributed by atoms with Gasteiger partial charge in [-0.25, -0.2) is 15.4 Å². The van der Waals surface area contributed by atoms with Gasteiger partial charge in [0.25, 0.3) is 5.91 Å². The van der Waals surface area contributed by atoms with Gasteiger partial charge < -0.3 is 0 Å². The average molecular weight is 393 g/mol. The zero-order chi connectivity index (χ0) is 16.8. The summed E-state index contributed by atoms with van der Waals surface area (Å²) in [6.07, 6.45) is 0. The van der Waals surface area contributed by atoms with Gasteiger partial charge >= 0.3 is 0 Å². The topological polar surface area (TPSA) is 67.2 Å². The summed E-state index contributed by atoms with van der Waals surface area (Å²) in [5.74, 6) is 0.0363. The quantitative estimate of drug-likeness (QED) is 0.366. The molecule has 0 saturated heterocycles. The third kappa shape index (κ3) is 5.76. The van der Waals surface area contributed by atoms with Crippen LogP contribution in [0.15, 0.2) is 45.1 Å². The van der Waals surface area contributed by atoms with Crippen molar-refractivity contribution in [2.24, 2.45) is 5.10 Å². The van der Waals surface area contributed by atoms with E-state index in [0.29, 0.717) is 5.16 Å². The van der Waals surface area contributed by atoms with Gasteiger partial charge in [-0.2, -0.15) is 5.10 Å². The Morgan fingerprint density at radius 2 is 1.83 bits per heavy atom. The molecule has 1 amide bonds. The molecule has 0 saturated carbocycles. The zero-order valence-electron chi connectivity index (χ0n) is 13.1. The molecule has 0 aliphatic rings. The molecule has 7 heteroatoms. The predicted molar refractivity (Wildman–Crippen MR) is 96.7 cm³/mol. The highest BCUT2D eigenvalue weighted by Crippen LogP contribution is 2.14. The van der Waals surface area contributed by atoms with E-state index < -0.39 is 0 Å². The van der Waals surface area contributed by atoms with Crippen molar-refractivity contribution < 1.29 is 4.79 Å². The molecule has 2 aromatic rings. The van der Waals surface area contributed by atoms with E-state index in [-0.39, 0.29) is 11.7 Å². The molecule has 0 radical (unpaired) electrons. The molecule has 1 N–H and O–H groups in total. The summed E-state index contributed by atoms with van der Waals surface area (Å²) in [5, 5.41) is 4.72. The van der Waals surface area contributed by atoms with Gasteiger partial charge in [-0.1, -0.05) is 39.8 Å². The molecule has 1 heterocycles. The van der Waals surface area contributed by atoms with Crippen LogP contribution in [0.25, 0.3) is 0 Å². The maximum Gasteiger partial charge on any atom is 0.250 e. The first-order valence-electron chi connectivity index (χ1n) is 6.98. The number of aromatic nitrogens is 2. The van der Waals surface area contributed by atoms with Crippen molar-refractivity contribution >= 4 is 39.3 Å². The second-order valence-electron chi connectivity index (χ2n) is 4.96. The average Bonchev–Trinajstić information content (AvgIpc) is 2.50. The summed E-state index contributed by atoms with van der Waals surface area (Å²) >= 11 is 4.68. The van der Waals surface area contributed by atoms with Crippen LogP contribution in [-0.4, -0.2) is 27.3 Å². The van der Waals surface area contributed by atoms with Gasteiger partial charge in [-0.05, 0) is 44.5 Å². The van der Waals surface area contributed by atoms with Crippen LogP contribution in [0.5, 0.6) is 0 Å². The molecule has 0 bridgehead atoms. The Morgan fingerprint density at radius 3 is 2.43 bits per heavy atom. The molecule has 0 spiro atoms. The van der Waals surface area contributed by atoms with Crippen LogP contribution >= 0.6 is 27.7 Å². The Hall–Kier alpha value is -1.73. The van der Waals surface area contributed by atoms with Gasteiger partial charge in [0.1, 0.15) is 0 Å². The van der Waals surface area contributed by atoms with E-state index >= 15 is 0 Å². The Kier molecular flexibility index (Phi) is 6.29. The summed E-state index contributed by atoms with van der Waals surface area (Å²) in [6.45, 7) is 5.67. The zero-order valence-corrected chi connectivity index (χ0v) is 15.5. The van der Waals surface area contributed by atoms with E-state index in [1.54, 1.807) is 0 Å². The minimum absolute atomic E-state index is 0.186. The Labute approximate surface area is 148 Å². The molecule has 0 fully saturated rings. The lowest BCUT2D eigenvalue weighted by molar-refractivity contribution is -0.118. The van der Waals surface area contributed by atoms with Gasteiger partial charge in [-0.15, -0.1) is 0 Å². The number of aryl methyl sites for hydroxylation is 2. The van der Waals surface area contributed by atoms with Crippen molar-refractivity contribution in [1.82, 2.24) is 15.4 Å². The molecule has 1 aromatic heterocycles. The van der Waals surface area contributed by atoms with Gasteiger partial charge in [-0.3, -0.25) is 4.79 Å². The van der Waals surface area contributed by atoms with Crippen LogP contribution in [0, 0.1) is 13.8 Å². The van der Waals surface area contributed by atoms with E-state index in [4.69, 9.17) is 0 Å². The first-order valence-corrected chi connectivity index (χ1v) is 8.76. The lowest BCUT2D eigenvalue weighted by Gasteiger charge is -2.04. The lowest BCUT2D eigenvalue weighted by Crippen LogP contribution is -2.21. The highest BCUT2D eigenvalue weighted by Gasteiger charge is 2.06. The molecule has 0 unspecified atom stereocenters. The second-order valence-corrected chi connectivity index (χ2v) is 6.82. The first kappa shape index (κ1) is 17.6. The summed E-state index contributed by atoms with van der Waals surface area (Å²) in [5.41, 5.74) is 6.05. The highest BCUT2D eigenvalue weighted by molar-refractivity contribution is 9.10. The fourth-order valence-corrected chi connectivity index (χ4v) is 2.83. The minimum atomic E-state index is -0.186. The molecule has 23 heavy (non-hydrogen) atoms. The molecular weight excluding hydrogens is 376 g/mol. The molecular formula is C16H17BrN4OS. The highest BCUT2D eigenvalue weighted by atomic mass is 79.9. The number of amides is 1. The van der Waals surface area contributed by atoms with Crippen LogP contribution in [0.2, 0.25) is 0 Å². The number of carbonyl (C=O) groups excluding carboxylic acids is 1. The molecule has 5 nitrogen and oxygen atoms in total. The number of rotatable bonds is 5. The molecule has 0 aliphatic carbocycles. The summed E-state index contributed by atoms with van der Waals surface area (Å²) in [7, 11) is 0. The minimum Gasteiger partial charge on any atom is -0.272 e. The van der Waals surface area contributed by atoms with E-state index in [2.05, 4.69) is 36.4 Å². The third-order valence-corrected chi connectivity index (χ3v) is 4.28. The summed E-state index contributed by atoms with van der Waals surface area (Å²) < 4.78 is 1.00. The van der Waals surface area contributed by atoms with Gasteiger partial charge in [0, 0.05) is 15.9 Å². The largest absolute Gasteiger partial charge is 0.272 e. The van der Waals surface area contributed by atoms with Crippen LogP contribution in [0.3, 0.4) is 0 Å². The Bertz CT molecular complexity index is 711. The fourth-order valence-electron chi connectivity index (χ4n) is 1.82. The Morgan fingerprint density at radius 1 is 1.22 bits per heavy atom. The fraction of sp³-hybridized carbons (Fsp3) is 0.250. The third-order valence-electron chi connectivity index (χ3n) is 2.90. The number of hydrogen-bond acceptors (Lipinski definition) is 5. The van der Waals surface area contributed by atoms with Gasteiger partial charge in [0.2, 0.25) is 0 Å². The van der Waals surface area contributed by atoms with Gasteiger partial charge in [0.15, 0.2) is 5.16 Å². The molecule has 2 rings (SSSR count). The smallest absolute Gasteiger partial charge is 0.250 e. The predicted octanol–water partition coefficient (Wildman–Crippen LogP) is 3.49. The Balaban J connectivity index is 1.89. The maximum atomic E-state index is 11.9. The molecule has 0 aliphatic heterocycles. The van der Waals surface area contributed by atoms with E-state index in [1.807, 2.05) is 51.1 Å². The molecule has 0 atom stereocenters. The van der Waals surface area contributed by atoms with Crippen molar-refractivity contribution in [3.63, 3.8) is 0 Å². The van der Waals surface area contributed by atoms with Crippen molar-refractivity contribution in [2.75, 3.05) is 5.75 Å². The van der Waals surface area contributed by atoms with Crippen molar-refractivity contribution in [1.29, 1.82) is 0 Å². The summed E-state index contributed by atoms with van der Waals surface area (Å²) in [4.78, 5) is 20.5. The van der Waals surface area contributed by atoms with Crippen LogP contribution in [0.4, 0.5) is 0 Å². The molecule has 1 aromatic carbocycles. The number of thioether (sulfide) groups is 1. The number of halogens is 1. The monoisotopic (exact) mass is 392 g/mol. The number of hydrogen-bond donors (Lipinski definition) is 1. The molecule has 120 valence electrons. The second kappa shape index (κ2) is 8.21. The number of benzene rings is 1. The number of hydrazone groups is 1. The lowest BCUT2D eigenvalue weighted by atomic mass is 10.1. The van der Waals surface area contributed by atoms with Crippen LogP contribution < -0.4 is 5.43 Å². The SMILES string of the molecule is C/C(=N\NC(=O)CSc1nc(C)cc(C)n1)c1ccc(Br)cc1. The van der Waals surface area contributed by atoms with E-state index in [1.165, 1.54) is 11.8 Å². The van der Waals surface area contributed by atoms with Crippen LogP contribution in [-0.2, 0) is 4.79 Å². The van der Waals surface area contributed by atoms with E-state index in [9.17, 15) is 4.79 Å². The standard InChI is InChI=1S/C16H17BrN4OS/c1-10-8-11(2)19-16(18-10)23-9-15(22)21-20-12(3)13-4-6-14(17)7-5-13/h4-8H,9H2,1-3H3,(H,21,22)/b20-12+. The van der Waals surface area contributed by atoms with Crippen molar-refractivity contribution in [3.8, 4) is 0 Å². The van der Waals surface area contributed by atoms with Crippen molar-refractivity contribution in [2.45, 2.75) is 25.9 Å². The number of nitrogens with one attached hydrogen (secondary N) is 1. The number of carbonyl (C=O) groups is 1. The maximum absolute atomic E-state index is 11.9. The first-order chi connectivity index (χ1) is 10.9. The van der Waals surface area contributed by atoms with Gasteiger partial charge in [0.05, 0.1) is 11.5 Å². The van der Waals surface area contributed by atoms with Crippen LogP contribution in [0.1, 0.15) is 23.9 Å². The van der Waals surface area contributed by atoms with Crippen molar-refractivity contribution in [3.05, 3.63) is 51.8 Å². The van der Waals surface area contributed by atoms with E-state index in [0.717, 1.165) is 27.1 Å².